The van der Waals surface area contributed by atoms with Crippen molar-refractivity contribution in [1.82, 2.24) is 14.8 Å². The maximum absolute atomic E-state index is 4.12. The van der Waals surface area contributed by atoms with Crippen molar-refractivity contribution >= 4 is 33.2 Å². The highest BCUT2D eigenvalue weighted by molar-refractivity contribution is 9.10. The monoisotopic (exact) mass is 272 g/mol. The van der Waals surface area contributed by atoms with Crippen molar-refractivity contribution < 1.29 is 0 Å². The maximum Gasteiger partial charge on any atom is 0.242 e. The van der Waals surface area contributed by atoms with Crippen molar-refractivity contribution in [3.05, 3.63) is 27.1 Å². The molecule has 0 bridgehead atoms. The van der Waals surface area contributed by atoms with E-state index in [2.05, 4.69) is 42.8 Å². The van der Waals surface area contributed by atoms with Gasteiger partial charge < -0.3 is 5.32 Å². The smallest absolute Gasteiger partial charge is 0.242 e. The van der Waals surface area contributed by atoms with Gasteiger partial charge in [-0.1, -0.05) is 0 Å². The molecule has 0 atom stereocenters. The van der Waals surface area contributed by atoms with Gasteiger partial charge in [0, 0.05) is 21.8 Å². The molecule has 4 nitrogen and oxygen atoms in total. The van der Waals surface area contributed by atoms with E-state index in [4.69, 9.17) is 0 Å². The summed E-state index contributed by atoms with van der Waals surface area (Å²) >= 11 is 5.11. The van der Waals surface area contributed by atoms with E-state index >= 15 is 0 Å². The van der Waals surface area contributed by atoms with Gasteiger partial charge in [0.15, 0.2) is 0 Å². The summed E-state index contributed by atoms with van der Waals surface area (Å²) in [5.74, 6) is 0.664. The molecule has 6 heteroatoms. The summed E-state index contributed by atoms with van der Waals surface area (Å²) < 4.78 is 2.79. The molecule has 0 spiro atoms. The van der Waals surface area contributed by atoms with Crippen molar-refractivity contribution in [3.63, 3.8) is 0 Å². The Balaban J connectivity index is 1.94. The first kappa shape index (κ1) is 9.67. The van der Waals surface area contributed by atoms with Crippen LogP contribution in [0, 0.1) is 0 Å². The molecule has 0 saturated carbocycles. The van der Waals surface area contributed by atoms with E-state index in [1.54, 1.807) is 22.3 Å². The van der Waals surface area contributed by atoms with E-state index in [9.17, 15) is 0 Å². The van der Waals surface area contributed by atoms with Crippen LogP contribution in [0.1, 0.15) is 4.88 Å². The molecule has 1 N–H and O–H groups in total. The second-order valence-electron chi connectivity index (χ2n) is 2.83. The van der Waals surface area contributed by atoms with Gasteiger partial charge in [0.25, 0.3) is 0 Å². The zero-order valence-electron chi connectivity index (χ0n) is 7.57. The first-order chi connectivity index (χ1) is 6.74. The fraction of sp³-hybridized carbons (Fsp3) is 0.250. The SMILES string of the molecule is Cn1cnc(NCc2cc(Br)cs2)n1. The van der Waals surface area contributed by atoms with Crippen molar-refractivity contribution in [1.29, 1.82) is 0 Å². The third-order valence-electron chi connectivity index (χ3n) is 1.64. The van der Waals surface area contributed by atoms with Crippen LogP contribution in [-0.4, -0.2) is 14.8 Å². The van der Waals surface area contributed by atoms with Crippen LogP contribution in [-0.2, 0) is 13.6 Å². The average molecular weight is 273 g/mol. The number of anilines is 1. The van der Waals surface area contributed by atoms with Gasteiger partial charge in [0.2, 0.25) is 5.95 Å². The molecule has 2 rings (SSSR count). The Morgan fingerprint density at radius 2 is 2.50 bits per heavy atom. The van der Waals surface area contributed by atoms with E-state index in [1.165, 1.54) is 4.88 Å². The summed E-state index contributed by atoms with van der Waals surface area (Å²) in [7, 11) is 1.85. The summed E-state index contributed by atoms with van der Waals surface area (Å²) in [6.07, 6.45) is 1.67. The zero-order valence-corrected chi connectivity index (χ0v) is 9.97. The highest BCUT2D eigenvalue weighted by Crippen LogP contribution is 2.20. The molecule has 0 aromatic carbocycles. The van der Waals surface area contributed by atoms with Crippen LogP contribution in [0.4, 0.5) is 5.95 Å². The lowest BCUT2D eigenvalue weighted by Crippen LogP contribution is -1.99. The number of aryl methyl sites for hydroxylation is 1. The van der Waals surface area contributed by atoms with Crippen molar-refractivity contribution in [3.8, 4) is 0 Å². The van der Waals surface area contributed by atoms with Gasteiger partial charge in [-0.15, -0.1) is 16.4 Å². The Bertz CT molecular complexity index is 382. The number of halogens is 1. The lowest BCUT2D eigenvalue weighted by Gasteiger charge is -1.97. The third-order valence-corrected chi connectivity index (χ3v) is 3.34. The number of hydrogen-bond donors (Lipinski definition) is 1. The topological polar surface area (TPSA) is 42.7 Å². The minimum Gasteiger partial charge on any atom is -0.348 e. The first-order valence-corrected chi connectivity index (χ1v) is 5.74. The van der Waals surface area contributed by atoms with Crippen LogP contribution < -0.4 is 5.32 Å². The predicted molar refractivity (Wildman–Crippen MR) is 60.3 cm³/mol. The van der Waals surface area contributed by atoms with Gasteiger partial charge in [-0.2, -0.15) is 0 Å². The van der Waals surface area contributed by atoms with Crippen LogP contribution in [0.15, 0.2) is 22.2 Å². The fourth-order valence-electron chi connectivity index (χ4n) is 1.03. The van der Waals surface area contributed by atoms with Gasteiger partial charge in [-0.3, -0.25) is 4.68 Å². The second kappa shape index (κ2) is 4.10. The standard InChI is InChI=1S/C8H9BrN4S/c1-13-5-11-8(12-13)10-3-7-2-6(9)4-14-7/h2,4-5H,3H2,1H3,(H,10,12). The highest BCUT2D eigenvalue weighted by Gasteiger charge is 2.00. The van der Waals surface area contributed by atoms with Crippen LogP contribution in [0.5, 0.6) is 0 Å². The quantitative estimate of drug-likeness (QED) is 0.932. The van der Waals surface area contributed by atoms with E-state index in [-0.39, 0.29) is 0 Å². The Kier molecular flexibility index (Phi) is 2.83. The number of rotatable bonds is 3. The summed E-state index contributed by atoms with van der Waals surface area (Å²) in [4.78, 5) is 5.33. The number of thiophene rings is 1. The molecule has 2 aromatic heterocycles. The first-order valence-electron chi connectivity index (χ1n) is 4.06. The van der Waals surface area contributed by atoms with Gasteiger partial charge >= 0.3 is 0 Å². The van der Waals surface area contributed by atoms with Gasteiger partial charge in [0.05, 0.1) is 6.54 Å². The summed E-state index contributed by atoms with van der Waals surface area (Å²) in [6.45, 7) is 0.764. The Morgan fingerprint density at radius 3 is 3.07 bits per heavy atom. The highest BCUT2D eigenvalue weighted by atomic mass is 79.9. The van der Waals surface area contributed by atoms with E-state index < -0.39 is 0 Å². The lowest BCUT2D eigenvalue weighted by molar-refractivity contribution is 0.766. The summed E-state index contributed by atoms with van der Waals surface area (Å²) in [5.41, 5.74) is 0. The van der Waals surface area contributed by atoms with Gasteiger partial charge in [-0.05, 0) is 22.0 Å². The van der Waals surface area contributed by atoms with Crippen molar-refractivity contribution in [2.75, 3.05) is 5.32 Å². The fourth-order valence-corrected chi connectivity index (χ4v) is 2.42. The molecule has 2 heterocycles. The Morgan fingerprint density at radius 1 is 1.64 bits per heavy atom. The van der Waals surface area contributed by atoms with E-state index in [1.807, 2.05) is 7.05 Å². The molecule has 0 fully saturated rings. The molecule has 0 radical (unpaired) electrons. The molecule has 14 heavy (non-hydrogen) atoms. The number of hydrogen-bond acceptors (Lipinski definition) is 4. The molecule has 0 aliphatic heterocycles. The van der Waals surface area contributed by atoms with Crippen molar-refractivity contribution in [2.45, 2.75) is 6.54 Å². The predicted octanol–water partition coefficient (Wildman–Crippen LogP) is 2.25. The number of aromatic nitrogens is 3. The zero-order chi connectivity index (χ0) is 9.97. The van der Waals surface area contributed by atoms with Crippen LogP contribution in [0.3, 0.4) is 0 Å². The molecule has 2 aromatic rings. The number of nitrogens with one attached hydrogen (secondary N) is 1. The molecule has 0 amide bonds. The number of nitrogens with zero attached hydrogens (tertiary/aromatic N) is 3. The minimum atomic E-state index is 0.664. The summed E-state index contributed by atoms with van der Waals surface area (Å²) in [5, 5.41) is 9.32. The Labute approximate surface area is 94.1 Å². The molecular weight excluding hydrogens is 264 g/mol. The lowest BCUT2D eigenvalue weighted by atomic mass is 10.5. The second-order valence-corrected chi connectivity index (χ2v) is 4.74. The van der Waals surface area contributed by atoms with Gasteiger partial charge in [-0.25, -0.2) is 4.98 Å². The van der Waals surface area contributed by atoms with Crippen LogP contribution in [0.2, 0.25) is 0 Å². The van der Waals surface area contributed by atoms with Crippen LogP contribution in [0.25, 0.3) is 0 Å². The van der Waals surface area contributed by atoms with Gasteiger partial charge in [0.1, 0.15) is 6.33 Å². The van der Waals surface area contributed by atoms with E-state index in [0.717, 1.165) is 11.0 Å². The molecule has 0 aliphatic rings. The average Bonchev–Trinajstić information content (AvgIpc) is 2.72. The molecule has 0 unspecified atom stereocenters. The van der Waals surface area contributed by atoms with Crippen molar-refractivity contribution in [2.24, 2.45) is 7.05 Å². The maximum atomic E-state index is 4.12. The molecule has 0 aliphatic carbocycles. The Hall–Kier alpha value is -0.880. The molecule has 74 valence electrons. The normalized spacial score (nSPS) is 10.4. The largest absolute Gasteiger partial charge is 0.348 e. The van der Waals surface area contributed by atoms with Crippen LogP contribution >= 0.6 is 27.3 Å². The third kappa shape index (κ3) is 2.33. The minimum absolute atomic E-state index is 0.664. The molecule has 0 saturated heterocycles. The molecular formula is C8H9BrN4S. The summed E-state index contributed by atoms with van der Waals surface area (Å²) in [6, 6.07) is 2.08. The van der Waals surface area contributed by atoms with E-state index in [0.29, 0.717) is 5.95 Å².